The predicted molar refractivity (Wildman–Crippen MR) is 81.4 cm³/mol. The summed E-state index contributed by atoms with van der Waals surface area (Å²) in [5.41, 5.74) is -0.450. The second kappa shape index (κ2) is 6.41. The fourth-order valence-electron chi connectivity index (χ4n) is 2.38. The van der Waals surface area contributed by atoms with Gasteiger partial charge in [-0.3, -0.25) is 10.1 Å². The molecule has 1 heterocycles. The van der Waals surface area contributed by atoms with Gasteiger partial charge in [0, 0.05) is 30.7 Å². The first-order valence-electron chi connectivity index (χ1n) is 6.50. The van der Waals surface area contributed by atoms with Crippen LogP contribution in [-0.2, 0) is 14.6 Å². The van der Waals surface area contributed by atoms with E-state index in [1.54, 1.807) is 0 Å². The first kappa shape index (κ1) is 16.4. The minimum atomic E-state index is -3.48. The average Bonchev–Trinajstić information content (AvgIpc) is 2.48. The zero-order valence-corrected chi connectivity index (χ0v) is 13.7. The van der Waals surface area contributed by atoms with Gasteiger partial charge >= 0.3 is 0 Å². The van der Waals surface area contributed by atoms with E-state index in [-0.39, 0.29) is 21.8 Å². The number of hydrogen-bond donors (Lipinski definition) is 0. The summed E-state index contributed by atoms with van der Waals surface area (Å²) in [5.74, 6) is 0.0203. The molecule has 0 unspecified atom stereocenters. The van der Waals surface area contributed by atoms with Crippen molar-refractivity contribution in [1.82, 2.24) is 0 Å². The van der Waals surface area contributed by atoms with Crippen LogP contribution in [0.4, 0.5) is 5.69 Å². The number of sulfone groups is 1. The van der Waals surface area contributed by atoms with E-state index in [0.29, 0.717) is 31.4 Å². The van der Waals surface area contributed by atoms with E-state index in [9.17, 15) is 18.5 Å². The van der Waals surface area contributed by atoms with E-state index in [0.717, 1.165) is 0 Å². The zero-order valence-electron chi connectivity index (χ0n) is 11.3. The summed E-state index contributed by atoms with van der Waals surface area (Å²) in [6.45, 7) is 1.11. The van der Waals surface area contributed by atoms with Crippen molar-refractivity contribution < 1.29 is 18.1 Å². The van der Waals surface area contributed by atoms with Gasteiger partial charge in [0.25, 0.3) is 5.69 Å². The van der Waals surface area contributed by atoms with Crippen LogP contribution in [0.5, 0.6) is 0 Å². The normalized spacial score (nSPS) is 18.3. The second-order valence-corrected chi connectivity index (χ2v) is 7.81. The van der Waals surface area contributed by atoms with Crippen LogP contribution < -0.4 is 0 Å². The average molecular weight is 378 g/mol. The van der Waals surface area contributed by atoms with Crippen LogP contribution in [0.15, 0.2) is 29.2 Å². The summed E-state index contributed by atoms with van der Waals surface area (Å²) >= 11 is 3.41. The summed E-state index contributed by atoms with van der Waals surface area (Å²) in [5, 5.41) is 11.2. The van der Waals surface area contributed by atoms with Gasteiger partial charge in [-0.2, -0.15) is 0 Å². The molecular weight excluding hydrogens is 362 g/mol. The molecule has 1 fully saturated rings. The standard InChI is InChI=1S/C13H16BrNO5S/c14-9-13(5-7-20-8-6-13)10-21(18,19)12-3-1-11(2-4-12)15(16)17/h1-4H,5-10H2. The van der Waals surface area contributed by atoms with Gasteiger partial charge in [0.15, 0.2) is 9.84 Å². The lowest BCUT2D eigenvalue weighted by Gasteiger charge is -2.35. The van der Waals surface area contributed by atoms with E-state index in [2.05, 4.69) is 15.9 Å². The van der Waals surface area contributed by atoms with Crippen LogP contribution in [0.3, 0.4) is 0 Å². The Balaban J connectivity index is 2.22. The molecule has 116 valence electrons. The van der Waals surface area contributed by atoms with Gasteiger partial charge in [0.2, 0.25) is 0 Å². The van der Waals surface area contributed by atoms with Crippen molar-refractivity contribution in [2.24, 2.45) is 5.41 Å². The van der Waals surface area contributed by atoms with E-state index in [1.807, 2.05) is 0 Å². The summed E-state index contributed by atoms with van der Waals surface area (Å²) in [6.07, 6.45) is 1.37. The monoisotopic (exact) mass is 377 g/mol. The SMILES string of the molecule is O=[N+]([O-])c1ccc(S(=O)(=O)CC2(CBr)CCOCC2)cc1. The fourth-order valence-corrected chi connectivity index (χ4v) is 5.32. The third-order valence-corrected chi connectivity index (χ3v) is 6.91. The maximum atomic E-state index is 12.5. The molecule has 0 radical (unpaired) electrons. The number of ether oxygens (including phenoxy) is 1. The molecule has 1 saturated heterocycles. The van der Waals surface area contributed by atoms with Crippen molar-refractivity contribution in [3.8, 4) is 0 Å². The first-order chi connectivity index (χ1) is 9.88. The number of benzene rings is 1. The summed E-state index contributed by atoms with van der Waals surface area (Å²) in [7, 11) is -3.48. The Morgan fingerprint density at radius 3 is 2.29 bits per heavy atom. The third kappa shape index (κ3) is 3.81. The van der Waals surface area contributed by atoms with Crippen molar-refractivity contribution in [3.05, 3.63) is 34.4 Å². The summed E-state index contributed by atoms with van der Waals surface area (Å²) < 4.78 is 30.3. The van der Waals surface area contributed by atoms with Crippen LogP contribution in [0, 0.1) is 15.5 Å². The van der Waals surface area contributed by atoms with Gasteiger partial charge in [0.05, 0.1) is 15.6 Å². The number of non-ortho nitro benzene ring substituents is 1. The van der Waals surface area contributed by atoms with Crippen LogP contribution in [0.25, 0.3) is 0 Å². The van der Waals surface area contributed by atoms with E-state index in [1.165, 1.54) is 24.3 Å². The molecule has 21 heavy (non-hydrogen) atoms. The molecule has 8 heteroatoms. The lowest BCUT2D eigenvalue weighted by molar-refractivity contribution is -0.384. The smallest absolute Gasteiger partial charge is 0.269 e. The molecule has 6 nitrogen and oxygen atoms in total. The first-order valence-corrected chi connectivity index (χ1v) is 9.27. The highest BCUT2D eigenvalue weighted by atomic mass is 79.9. The zero-order chi connectivity index (χ0) is 15.5. The summed E-state index contributed by atoms with van der Waals surface area (Å²) in [6, 6.07) is 5.04. The second-order valence-electron chi connectivity index (χ2n) is 5.26. The fraction of sp³-hybridized carbons (Fsp3) is 0.538. The molecule has 0 amide bonds. The number of halogens is 1. The van der Waals surface area contributed by atoms with Crippen LogP contribution in [0.2, 0.25) is 0 Å². The molecule has 0 saturated carbocycles. The van der Waals surface area contributed by atoms with Crippen molar-refractivity contribution in [2.45, 2.75) is 17.7 Å². The van der Waals surface area contributed by atoms with Crippen molar-refractivity contribution in [3.63, 3.8) is 0 Å². The van der Waals surface area contributed by atoms with Crippen molar-refractivity contribution >= 4 is 31.5 Å². The Bertz CT molecular complexity index is 608. The number of nitrogens with zero attached hydrogens (tertiary/aromatic N) is 1. The van der Waals surface area contributed by atoms with Gasteiger partial charge in [-0.05, 0) is 30.4 Å². The molecule has 0 N–H and O–H groups in total. The lowest BCUT2D eigenvalue weighted by atomic mass is 9.85. The Kier molecular flexibility index (Phi) is 5.00. The lowest BCUT2D eigenvalue weighted by Crippen LogP contribution is -2.37. The molecule has 0 atom stereocenters. The van der Waals surface area contributed by atoms with Gasteiger partial charge < -0.3 is 4.74 Å². The highest BCUT2D eigenvalue weighted by Crippen LogP contribution is 2.35. The van der Waals surface area contributed by atoms with E-state index < -0.39 is 14.8 Å². The largest absolute Gasteiger partial charge is 0.381 e. The topological polar surface area (TPSA) is 86.5 Å². The maximum absolute atomic E-state index is 12.5. The molecule has 0 spiro atoms. The third-order valence-electron chi connectivity index (χ3n) is 3.74. The Labute approximate surface area is 131 Å². The van der Waals surface area contributed by atoms with Crippen LogP contribution >= 0.6 is 15.9 Å². The van der Waals surface area contributed by atoms with Crippen LogP contribution in [-0.4, -0.2) is 37.6 Å². The molecule has 0 aromatic heterocycles. The summed E-state index contributed by atoms with van der Waals surface area (Å²) in [4.78, 5) is 10.2. The van der Waals surface area contributed by atoms with Gasteiger partial charge in [-0.15, -0.1) is 0 Å². The predicted octanol–water partition coefficient (Wildman–Crippen LogP) is 2.56. The Morgan fingerprint density at radius 1 is 1.24 bits per heavy atom. The molecule has 1 aromatic carbocycles. The minimum Gasteiger partial charge on any atom is -0.381 e. The molecule has 1 aromatic rings. The van der Waals surface area contributed by atoms with Gasteiger partial charge in [-0.25, -0.2) is 8.42 Å². The van der Waals surface area contributed by atoms with Crippen molar-refractivity contribution in [2.75, 3.05) is 24.3 Å². The quantitative estimate of drug-likeness (QED) is 0.447. The number of alkyl halides is 1. The highest BCUT2D eigenvalue weighted by molar-refractivity contribution is 9.09. The van der Waals surface area contributed by atoms with Gasteiger partial charge in [-0.1, -0.05) is 15.9 Å². The van der Waals surface area contributed by atoms with E-state index in [4.69, 9.17) is 4.74 Å². The van der Waals surface area contributed by atoms with E-state index >= 15 is 0 Å². The van der Waals surface area contributed by atoms with Crippen LogP contribution in [0.1, 0.15) is 12.8 Å². The minimum absolute atomic E-state index is 0.0203. The molecule has 2 rings (SSSR count). The molecule has 0 bridgehead atoms. The number of rotatable bonds is 5. The number of nitro benzene ring substituents is 1. The Morgan fingerprint density at radius 2 is 1.81 bits per heavy atom. The molecular formula is C13H16BrNO5S. The molecule has 1 aliphatic rings. The number of nitro groups is 1. The molecule has 0 aliphatic carbocycles. The van der Waals surface area contributed by atoms with Crippen molar-refractivity contribution in [1.29, 1.82) is 0 Å². The molecule has 1 aliphatic heterocycles. The number of hydrogen-bond acceptors (Lipinski definition) is 5. The maximum Gasteiger partial charge on any atom is 0.269 e. The van der Waals surface area contributed by atoms with Gasteiger partial charge in [0.1, 0.15) is 0 Å². The Hall–Kier alpha value is -0.990. The highest BCUT2D eigenvalue weighted by Gasteiger charge is 2.37.